The van der Waals surface area contributed by atoms with Crippen molar-refractivity contribution in [3.8, 4) is 0 Å². The smallest absolute Gasteiger partial charge is 0.269 e. The number of carbonyl (C=O) groups excluding carboxylic acids is 1. The van der Waals surface area contributed by atoms with Gasteiger partial charge in [0.2, 0.25) is 9.47 Å². The van der Waals surface area contributed by atoms with Crippen molar-refractivity contribution in [2.75, 3.05) is 17.6 Å². The minimum absolute atomic E-state index is 0.0676. The Morgan fingerprint density at radius 3 is 2.69 bits per heavy atom. The summed E-state index contributed by atoms with van der Waals surface area (Å²) in [6.45, 7) is 0.325. The first kappa shape index (κ1) is 22.8. The van der Waals surface area contributed by atoms with Crippen molar-refractivity contribution < 1.29 is 13.2 Å². The highest BCUT2D eigenvalue weighted by atomic mass is 35.5. The number of nitrogens with one attached hydrogen (secondary N) is 2. The molecule has 2 aromatic rings. The Hall–Kier alpha value is -0.910. The van der Waals surface area contributed by atoms with Gasteiger partial charge in [-0.1, -0.05) is 53.8 Å². The number of thioether (sulfide) groups is 1. The van der Waals surface area contributed by atoms with Crippen LogP contribution in [0.3, 0.4) is 0 Å². The monoisotopic (exact) mass is 494 g/mol. The van der Waals surface area contributed by atoms with Gasteiger partial charge in [0, 0.05) is 22.6 Å². The van der Waals surface area contributed by atoms with Gasteiger partial charge < -0.3 is 0 Å². The summed E-state index contributed by atoms with van der Waals surface area (Å²) in [5.74, 6) is 0.185. The van der Waals surface area contributed by atoms with Crippen molar-refractivity contribution in [1.82, 2.24) is 14.9 Å². The number of rotatable bonds is 8. The Balaban J connectivity index is 1.53. The molecule has 158 valence electrons. The Kier molecular flexibility index (Phi) is 8.17. The van der Waals surface area contributed by atoms with Gasteiger partial charge in [-0.05, 0) is 31.0 Å². The van der Waals surface area contributed by atoms with Crippen LogP contribution in [-0.4, -0.2) is 42.1 Å². The van der Waals surface area contributed by atoms with Crippen LogP contribution >= 0.6 is 46.3 Å². The summed E-state index contributed by atoms with van der Waals surface area (Å²) >= 11 is 14.4. The molecule has 29 heavy (non-hydrogen) atoms. The summed E-state index contributed by atoms with van der Waals surface area (Å²) in [5, 5.41) is 11.2. The number of benzene rings is 1. The van der Waals surface area contributed by atoms with Gasteiger partial charge in [-0.25, -0.2) is 13.1 Å². The molecule has 1 fully saturated rings. The van der Waals surface area contributed by atoms with Gasteiger partial charge in [0.05, 0.1) is 10.6 Å². The first-order valence-corrected chi connectivity index (χ1v) is 13.2. The van der Waals surface area contributed by atoms with Crippen LogP contribution < -0.4 is 10.0 Å². The maximum absolute atomic E-state index is 12.4. The fraction of sp³-hybridized carbons (Fsp3) is 0.471. The third-order valence-electron chi connectivity index (χ3n) is 4.33. The van der Waals surface area contributed by atoms with Crippen molar-refractivity contribution in [3.63, 3.8) is 0 Å². The Morgan fingerprint density at radius 1 is 1.21 bits per heavy atom. The topological polar surface area (TPSA) is 101 Å². The van der Waals surface area contributed by atoms with E-state index in [9.17, 15) is 13.2 Å². The normalized spacial score (nSPS) is 15.4. The van der Waals surface area contributed by atoms with Crippen LogP contribution in [0.2, 0.25) is 10.0 Å². The van der Waals surface area contributed by atoms with E-state index >= 15 is 0 Å². The largest absolute Gasteiger partial charge is 0.296 e. The summed E-state index contributed by atoms with van der Waals surface area (Å²) in [5.41, 5.74) is 0.202. The van der Waals surface area contributed by atoms with Gasteiger partial charge >= 0.3 is 0 Å². The minimum Gasteiger partial charge on any atom is -0.296 e. The molecule has 0 unspecified atom stereocenters. The lowest BCUT2D eigenvalue weighted by molar-refractivity contribution is 0.102. The third kappa shape index (κ3) is 6.53. The van der Waals surface area contributed by atoms with Gasteiger partial charge in [0.15, 0.2) is 0 Å². The van der Waals surface area contributed by atoms with Gasteiger partial charge in [-0.3, -0.25) is 10.1 Å². The molecular formula is C17H20Cl2N4O3S3. The van der Waals surface area contributed by atoms with E-state index in [0.717, 1.165) is 11.3 Å². The van der Waals surface area contributed by atoms with E-state index in [0.29, 0.717) is 22.6 Å². The van der Waals surface area contributed by atoms with E-state index in [-0.39, 0.29) is 20.1 Å². The van der Waals surface area contributed by atoms with Crippen molar-refractivity contribution >= 4 is 67.4 Å². The SMILES string of the molecule is O=C(Nc1nnc(S(=O)(=O)NCCSC2CCCCC2)s1)c1ccc(Cl)cc1Cl. The number of halogens is 2. The zero-order valence-corrected chi connectivity index (χ0v) is 19.3. The zero-order chi connectivity index (χ0) is 20.9. The number of nitrogens with zero attached hydrogens (tertiary/aromatic N) is 2. The number of hydrogen-bond acceptors (Lipinski definition) is 7. The van der Waals surface area contributed by atoms with Gasteiger partial charge in [0.25, 0.3) is 15.9 Å². The number of amides is 1. The molecule has 0 spiro atoms. The maximum Gasteiger partial charge on any atom is 0.269 e. The van der Waals surface area contributed by atoms with Crippen LogP contribution in [0.15, 0.2) is 22.5 Å². The van der Waals surface area contributed by atoms with E-state index in [1.54, 1.807) is 0 Å². The molecule has 1 aliphatic carbocycles. The molecule has 0 saturated heterocycles. The molecule has 0 radical (unpaired) electrons. The average molecular weight is 495 g/mol. The minimum atomic E-state index is -3.77. The second-order valence-electron chi connectivity index (χ2n) is 6.48. The summed E-state index contributed by atoms with van der Waals surface area (Å²) in [7, 11) is -3.77. The highest BCUT2D eigenvalue weighted by Crippen LogP contribution is 2.28. The first-order valence-electron chi connectivity index (χ1n) is 9.06. The molecule has 7 nitrogen and oxygen atoms in total. The molecule has 1 aromatic carbocycles. The second-order valence-corrected chi connectivity index (χ2v) is 11.7. The van der Waals surface area contributed by atoms with Crippen LogP contribution in [0.25, 0.3) is 0 Å². The van der Waals surface area contributed by atoms with E-state index in [1.807, 2.05) is 11.8 Å². The molecule has 1 amide bonds. The molecule has 1 heterocycles. The number of carbonyl (C=O) groups is 1. The maximum atomic E-state index is 12.4. The van der Waals surface area contributed by atoms with Crippen molar-refractivity contribution in [2.45, 2.75) is 41.7 Å². The van der Waals surface area contributed by atoms with Gasteiger partial charge in [-0.15, -0.1) is 10.2 Å². The number of hydrogen-bond donors (Lipinski definition) is 2. The van der Waals surface area contributed by atoms with Gasteiger partial charge in [-0.2, -0.15) is 11.8 Å². The van der Waals surface area contributed by atoms with Crippen LogP contribution in [-0.2, 0) is 10.0 Å². The fourth-order valence-electron chi connectivity index (χ4n) is 2.90. The first-order chi connectivity index (χ1) is 13.8. The number of anilines is 1. The predicted molar refractivity (Wildman–Crippen MR) is 119 cm³/mol. The Morgan fingerprint density at radius 2 is 1.97 bits per heavy atom. The summed E-state index contributed by atoms with van der Waals surface area (Å²) in [6.07, 6.45) is 6.21. The van der Waals surface area contributed by atoms with Gasteiger partial charge in [0.1, 0.15) is 0 Å². The van der Waals surface area contributed by atoms with E-state index in [4.69, 9.17) is 23.2 Å². The highest BCUT2D eigenvalue weighted by molar-refractivity contribution is 8.00. The lowest BCUT2D eigenvalue weighted by atomic mass is 10.0. The third-order valence-corrected chi connectivity index (χ3v) is 8.93. The zero-order valence-electron chi connectivity index (χ0n) is 15.4. The van der Waals surface area contributed by atoms with E-state index in [2.05, 4.69) is 20.2 Å². The van der Waals surface area contributed by atoms with Crippen molar-refractivity contribution in [1.29, 1.82) is 0 Å². The summed E-state index contributed by atoms with van der Waals surface area (Å²) in [6, 6.07) is 4.46. The molecule has 1 saturated carbocycles. The van der Waals surface area contributed by atoms with Crippen LogP contribution in [0.5, 0.6) is 0 Å². The van der Waals surface area contributed by atoms with Crippen molar-refractivity contribution in [2.24, 2.45) is 0 Å². The lowest BCUT2D eigenvalue weighted by Crippen LogP contribution is -2.26. The predicted octanol–water partition coefficient (Wildman–Crippen LogP) is 4.44. The van der Waals surface area contributed by atoms with E-state index < -0.39 is 15.9 Å². The number of sulfonamides is 1. The molecule has 12 heteroatoms. The van der Waals surface area contributed by atoms with Crippen LogP contribution in [0.4, 0.5) is 5.13 Å². The molecule has 3 rings (SSSR count). The number of aromatic nitrogens is 2. The molecule has 2 N–H and O–H groups in total. The molecule has 1 aliphatic rings. The molecule has 0 atom stereocenters. The summed E-state index contributed by atoms with van der Waals surface area (Å²) < 4.78 is 27.1. The van der Waals surface area contributed by atoms with Crippen LogP contribution in [0, 0.1) is 0 Å². The molecule has 1 aromatic heterocycles. The van der Waals surface area contributed by atoms with Crippen LogP contribution in [0.1, 0.15) is 42.5 Å². The fourth-order valence-corrected chi connectivity index (χ4v) is 6.71. The molecule has 0 aliphatic heterocycles. The quantitative estimate of drug-likeness (QED) is 0.415. The highest BCUT2D eigenvalue weighted by Gasteiger charge is 2.22. The Labute approximate surface area is 188 Å². The Bertz CT molecular complexity index is 963. The molecular weight excluding hydrogens is 475 g/mol. The van der Waals surface area contributed by atoms with E-state index in [1.165, 1.54) is 50.3 Å². The molecule has 0 bridgehead atoms. The standard InChI is InChI=1S/C17H20Cl2N4O3S3/c18-11-6-7-13(14(19)10-11)15(24)21-16-22-23-17(28-16)29(25,26)20-8-9-27-12-4-2-1-3-5-12/h6-7,10,12,20H,1-5,8-9H2,(H,21,22,24). The average Bonchev–Trinajstić information content (AvgIpc) is 3.15. The van der Waals surface area contributed by atoms with Crippen molar-refractivity contribution in [3.05, 3.63) is 33.8 Å². The second kappa shape index (κ2) is 10.4. The lowest BCUT2D eigenvalue weighted by Gasteiger charge is -2.20. The summed E-state index contributed by atoms with van der Waals surface area (Å²) in [4.78, 5) is 12.3.